The van der Waals surface area contributed by atoms with Gasteiger partial charge in [0.15, 0.2) is 0 Å². The lowest BCUT2D eigenvalue weighted by atomic mass is 10.1. The Bertz CT molecular complexity index is 567. The highest BCUT2D eigenvalue weighted by atomic mass is 32.1. The fourth-order valence-electron chi connectivity index (χ4n) is 2.45. The molecule has 3 rings (SSSR count). The number of hydrogen-bond acceptors (Lipinski definition) is 3. The summed E-state index contributed by atoms with van der Waals surface area (Å²) in [5, 5.41) is 12.1. The minimum Gasteiger partial charge on any atom is -0.477 e. The molecule has 5 heteroatoms. The molecule has 0 aromatic carbocycles. The molecule has 18 heavy (non-hydrogen) atoms. The zero-order valence-corrected chi connectivity index (χ0v) is 10.7. The van der Waals surface area contributed by atoms with Crippen molar-refractivity contribution in [2.45, 2.75) is 31.6 Å². The SMILES string of the molecule is O=C(O)c1cc(-c2csc(C3CCCC3)n2)c[nH]1. The van der Waals surface area contributed by atoms with Crippen molar-refractivity contribution in [2.24, 2.45) is 0 Å². The normalized spacial score (nSPS) is 16.2. The quantitative estimate of drug-likeness (QED) is 0.889. The molecule has 2 aromatic rings. The molecule has 1 saturated carbocycles. The summed E-state index contributed by atoms with van der Waals surface area (Å²) in [4.78, 5) is 18.2. The molecule has 0 bridgehead atoms. The molecular formula is C13H14N2O2S. The van der Waals surface area contributed by atoms with Crippen LogP contribution in [0.5, 0.6) is 0 Å². The van der Waals surface area contributed by atoms with E-state index in [1.165, 1.54) is 30.7 Å². The molecule has 0 unspecified atom stereocenters. The smallest absolute Gasteiger partial charge is 0.352 e. The Balaban J connectivity index is 1.85. The van der Waals surface area contributed by atoms with Crippen LogP contribution in [-0.4, -0.2) is 21.0 Å². The van der Waals surface area contributed by atoms with Crippen LogP contribution in [0.2, 0.25) is 0 Å². The number of H-pyrrole nitrogens is 1. The average Bonchev–Trinajstić information content (AvgIpc) is 3.10. The van der Waals surface area contributed by atoms with Gasteiger partial charge in [-0.3, -0.25) is 0 Å². The Morgan fingerprint density at radius 3 is 2.89 bits per heavy atom. The number of thiazole rings is 1. The van der Waals surface area contributed by atoms with E-state index in [4.69, 9.17) is 5.11 Å². The van der Waals surface area contributed by atoms with Gasteiger partial charge in [-0.1, -0.05) is 12.8 Å². The van der Waals surface area contributed by atoms with E-state index in [1.54, 1.807) is 23.6 Å². The number of carboxylic acid groups (broad SMARTS) is 1. The van der Waals surface area contributed by atoms with Crippen LogP contribution in [0, 0.1) is 0 Å². The Morgan fingerprint density at radius 2 is 2.22 bits per heavy atom. The van der Waals surface area contributed by atoms with Gasteiger partial charge in [0.25, 0.3) is 0 Å². The van der Waals surface area contributed by atoms with Crippen LogP contribution in [0.15, 0.2) is 17.6 Å². The third kappa shape index (κ3) is 2.06. The van der Waals surface area contributed by atoms with Crippen molar-refractivity contribution >= 4 is 17.3 Å². The predicted molar refractivity (Wildman–Crippen MR) is 70.1 cm³/mol. The fraction of sp³-hybridized carbons (Fsp3) is 0.385. The van der Waals surface area contributed by atoms with Gasteiger partial charge in [-0.25, -0.2) is 9.78 Å². The van der Waals surface area contributed by atoms with Gasteiger partial charge in [-0.05, 0) is 18.9 Å². The first-order valence-electron chi connectivity index (χ1n) is 6.11. The standard InChI is InChI=1S/C13H14N2O2S/c16-13(17)10-5-9(6-14-10)11-7-18-12(15-11)8-3-1-2-4-8/h5-8,14H,1-4H2,(H,16,17). The van der Waals surface area contributed by atoms with Crippen molar-refractivity contribution in [3.63, 3.8) is 0 Å². The molecule has 1 aliphatic carbocycles. The van der Waals surface area contributed by atoms with E-state index in [2.05, 4.69) is 9.97 Å². The third-order valence-corrected chi connectivity index (χ3v) is 4.44. The highest BCUT2D eigenvalue weighted by Gasteiger charge is 2.20. The Kier molecular flexibility index (Phi) is 2.91. The van der Waals surface area contributed by atoms with Crippen molar-refractivity contribution < 1.29 is 9.90 Å². The fourth-order valence-corrected chi connectivity index (χ4v) is 3.45. The summed E-state index contributed by atoms with van der Waals surface area (Å²) in [5.74, 6) is -0.325. The maximum absolute atomic E-state index is 10.8. The lowest BCUT2D eigenvalue weighted by molar-refractivity contribution is 0.0691. The monoisotopic (exact) mass is 262 g/mol. The number of rotatable bonds is 3. The molecule has 0 saturated heterocycles. The van der Waals surface area contributed by atoms with E-state index in [9.17, 15) is 4.79 Å². The van der Waals surface area contributed by atoms with E-state index in [0.717, 1.165) is 11.3 Å². The van der Waals surface area contributed by atoms with Gasteiger partial charge in [0.05, 0.1) is 10.7 Å². The lowest BCUT2D eigenvalue weighted by Gasteiger charge is -2.02. The van der Waals surface area contributed by atoms with Gasteiger partial charge in [0.2, 0.25) is 0 Å². The van der Waals surface area contributed by atoms with E-state index >= 15 is 0 Å². The molecule has 4 nitrogen and oxygen atoms in total. The molecule has 0 atom stereocenters. The maximum atomic E-state index is 10.8. The molecule has 2 aromatic heterocycles. The molecule has 1 fully saturated rings. The second kappa shape index (κ2) is 4.57. The summed E-state index contributed by atoms with van der Waals surface area (Å²) in [6.45, 7) is 0. The largest absolute Gasteiger partial charge is 0.477 e. The summed E-state index contributed by atoms with van der Waals surface area (Å²) >= 11 is 1.69. The van der Waals surface area contributed by atoms with Crippen LogP contribution in [0.4, 0.5) is 0 Å². The summed E-state index contributed by atoms with van der Waals surface area (Å²) < 4.78 is 0. The zero-order valence-electron chi connectivity index (χ0n) is 9.85. The maximum Gasteiger partial charge on any atom is 0.352 e. The Morgan fingerprint density at radius 1 is 1.44 bits per heavy atom. The van der Waals surface area contributed by atoms with E-state index < -0.39 is 5.97 Å². The van der Waals surface area contributed by atoms with Gasteiger partial charge in [-0.15, -0.1) is 11.3 Å². The molecule has 0 spiro atoms. The number of nitrogens with one attached hydrogen (secondary N) is 1. The van der Waals surface area contributed by atoms with Crippen LogP contribution in [0.25, 0.3) is 11.3 Å². The van der Waals surface area contributed by atoms with Crippen LogP contribution in [0.3, 0.4) is 0 Å². The first-order valence-corrected chi connectivity index (χ1v) is 6.99. The molecule has 94 valence electrons. The van der Waals surface area contributed by atoms with Crippen LogP contribution in [0.1, 0.15) is 47.1 Å². The Hall–Kier alpha value is -1.62. The highest BCUT2D eigenvalue weighted by molar-refractivity contribution is 7.10. The molecule has 1 aliphatic rings. The molecule has 0 aliphatic heterocycles. The van der Waals surface area contributed by atoms with Gasteiger partial charge in [-0.2, -0.15) is 0 Å². The van der Waals surface area contributed by atoms with Crippen molar-refractivity contribution in [2.75, 3.05) is 0 Å². The van der Waals surface area contributed by atoms with Gasteiger partial charge in [0.1, 0.15) is 5.69 Å². The van der Waals surface area contributed by atoms with Gasteiger partial charge >= 0.3 is 5.97 Å². The number of carbonyl (C=O) groups is 1. The van der Waals surface area contributed by atoms with E-state index in [-0.39, 0.29) is 5.69 Å². The molecular weight excluding hydrogens is 248 g/mol. The van der Waals surface area contributed by atoms with Gasteiger partial charge < -0.3 is 10.1 Å². The van der Waals surface area contributed by atoms with E-state index in [1.807, 2.05) is 5.38 Å². The second-order valence-electron chi connectivity index (χ2n) is 4.66. The number of hydrogen-bond donors (Lipinski definition) is 2. The number of aromatic amines is 1. The number of aromatic carboxylic acids is 1. The van der Waals surface area contributed by atoms with Crippen molar-refractivity contribution in [1.82, 2.24) is 9.97 Å². The topological polar surface area (TPSA) is 66.0 Å². The number of aromatic nitrogens is 2. The van der Waals surface area contributed by atoms with Crippen molar-refractivity contribution in [3.8, 4) is 11.3 Å². The van der Waals surface area contributed by atoms with Gasteiger partial charge in [0, 0.05) is 23.1 Å². The van der Waals surface area contributed by atoms with E-state index in [0.29, 0.717) is 5.92 Å². The number of nitrogens with zero attached hydrogens (tertiary/aromatic N) is 1. The average molecular weight is 262 g/mol. The minimum atomic E-state index is -0.938. The van der Waals surface area contributed by atoms with Crippen molar-refractivity contribution in [1.29, 1.82) is 0 Å². The first kappa shape index (κ1) is 11.5. The van der Waals surface area contributed by atoms with Crippen LogP contribution >= 0.6 is 11.3 Å². The lowest BCUT2D eigenvalue weighted by Crippen LogP contribution is -1.94. The summed E-state index contributed by atoms with van der Waals surface area (Å²) in [5.41, 5.74) is 1.94. The summed E-state index contributed by atoms with van der Waals surface area (Å²) in [7, 11) is 0. The Labute approximate surface area is 109 Å². The van der Waals surface area contributed by atoms with Crippen LogP contribution in [-0.2, 0) is 0 Å². The third-order valence-electron chi connectivity index (χ3n) is 3.44. The highest BCUT2D eigenvalue weighted by Crippen LogP contribution is 2.37. The molecule has 2 N–H and O–H groups in total. The summed E-state index contributed by atoms with van der Waals surface area (Å²) in [6, 6.07) is 1.63. The zero-order chi connectivity index (χ0) is 12.5. The minimum absolute atomic E-state index is 0.209. The molecule has 0 radical (unpaired) electrons. The van der Waals surface area contributed by atoms with Crippen LogP contribution < -0.4 is 0 Å². The first-order chi connectivity index (χ1) is 8.74. The summed E-state index contributed by atoms with van der Waals surface area (Å²) in [6.07, 6.45) is 6.78. The second-order valence-corrected chi connectivity index (χ2v) is 5.55. The number of carboxylic acids is 1. The van der Waals surface area contributed by atoms with Crippen molar-refractivity contribution in [3.05, 3.63) is 28.3 Å². The molecule has 0 amide bonds. The molecule has 2 heterocycles. The predicted octanol–water partition coefficient (Wildman–Crippen LogP) is 3.49.